The first kappa shape index (κ1) is 38.7. The molecule has 7 heteroatoms. The van der Waals surface area contributed by atoms with E-state index in [0.29, 0.717) is 11.1 Å². The first-order chi connectivity index (χ1) is 19.2. The van der Waals surface area contributed by atoms with Crippen LogP contribution in [0.5, 0.6) is 0 Å². The van der Waals surface area contributed by atoms with E-state index in [1.807, 2.05) is 0 Å². The second-order valence-electron chi connectivity index (χ2n) is 11.9. The predicted molar refractivity (Wildman–Crippen MR) is 171 cm³/mol. The summed E-state index contributed by atoms with van der Waals surface area (Å²) in [5.74, 6) is -0.879. The Balaban J connectivity index is 0.00000141. The first-order valence-electron chi connectivity index (χ1n) is 15.9. The molecule has 1 aromatic carbocycles. The molecule has 0 bridgehead atoms. The van der Waals surface area contributed by atoms with Crippen LogP contribution in [0.15, 0.2) is 30.3 Å². The minimum atomic E-state index is -2.54. The summed E-state index contributed by atoms with van der Waals surface area (Å²) in [5.41, 5.74) is 0.626. The summed E-state index contributed by atoms with van der Waals surface area (Å²) in [5, 5.41) is 8.38. The average molecular weight is 583 g/mol. The van der Waals surface area contributed by atoms with Crippen LogP contribution in [-0.2, 0) is 13.3 Å². The predicted octanol–water partition coefficient (Wildman–Crippen LogP) is 8.98. The normalized spacial score (nSPS) is 12.6. The van der Waals surface area contributed by atoms with E-state index in [-0.39, 0.29) is 0 Å². The van der Waals surface area contributed by atoms with Crippen LogP contribution in [0.25, 0.3) is 0 Å². The van der Waals surface area contributed by atoms with Crippen molar-refractivity contribution in [2.45, 2.75) is 122 Å². The highest BCUT2D eigenvalue weighted by Gasteiger charge is 2.47. The molecule has 1 atom stereocenters. The minimum absolute atomic E-state index is 0.295. The fourth-order valence-electron chi connectivity index (χ4n) is 5.47. The van der Waals surface area contributed by atoms with Gasteiger partial charge in [-0.1, -0.05) is 122 Å². The van der Waals surface area contributed by atoms with Crippen molar-refractivity contribution in [1.82, 2.24) is 0 Å². The van der Waals surface area contributed by atoms with Gasteiger partial charge in [0, 0.05) is 21.3 Å². The number of benzene rings is 1. The molecule has 1 rings (SSSR count). The van der Waals surface area contributed by atoms with Gasteiger partial charge >= 0.3 is 14.8 Å². The van der Waals surface area contributed by atoms with Gasteiger partial charge < -0.3 is 22.9 Å². The molecule has 234 valence electrons. The molecule has 0 radical (unpaired) electrons. The molecular weight excluding hydrogens is 518 g/mol. The molecule has 0 fully saturated rings. The molecule has 0 aliphatic heterocycles. The van der Waals surface area contributed by atoms with E-state index in [9.17, 15) is 4.79 Å². The standard InChI is InChI=1S/C26H58NO3Si.C7H6O2/c1-8-9-10-11-12-13-14-15-16-17-18-19-20-21-22-23-24-27(3,4)25-26(2)31(28-5,29-6)30-7;8-7(9)6-4-2-1-3-5-6/h26H,8-25H2,1-7H3;1-5H,(H,8,9)/q+1;. The van der Waals surface area contributed by atoms with Crippen molar-refractivity contribution >= 4 is 14.8 Å². The summed E-state index contributed by atoms with van der Waals surface area (Å²) in [7, 11) is 7.25. The average Bonchev–Trinajstić information content (AvgIpc) is 2.94. The molecule has 40 heavy (non-hydrogen) atoms. The van der Waals surface area contributed by atoms with Gasteiger partial charge in [-0.2, -0.15) is 0 Å². The maximum absolute atomic E-state index is 10.2. The number of hydrogen-bond acceptors (Lipinski definition) is 4. The van der Waals surface area contributed by atoms with Gasteiger partial charge in [-0.25, -0.2) is 4.79 Å². The topological polar surface area (TPSA) is 65.0 Å². The molecule has 0 saturated carbocycles. The van der Waals surface area contributed by atoms with Gasteiger partial charge in [0.25, 0.3) is 0 Å². The highest BCUT2D eigenvalue weighted by atomic mass is 28.4. The fraction of sp³-hybridized carbons (Fsp3) is 0.788. The molecular formula is C33H64NO5Si+. The number of rotatable bonds is 24. The van der Waals surface area contributed by atoms with E-state index in [1.165, 1.54) is 109 Å². The van der Waals surface area contributed by atoms with E-state index in [4.69, 9.17) is 18.4 Å². The molecule has 0 aliphatic carbocycles. The Kier molecular flexibility index (Phi) is 23.6. The van der Waals surface area contributed by atoms with Crippen LogP contribution >= 0.6 is 0 Å². The highest BCUT2D eigenvalue weighted by Crippen LogP contribution is 2.26. The van der Waals surface area contributed by atoms with Crippen LogP contribution in [0.3, 0.4) is 0 Å². The lowest BCUT2D eigenvalue weighted by Crippen LogP contribution is -2.53. The van der Waals surface area contributed by atoms with Crippen LogP contribution in [0, 0.1) is 0 Å². The Morgan fingerprint density at radius 1 is 0.725 bits per heavy atom. The quantitative estimate of drug-likeness (QED) is 0.0748. The smallest absolute Gasteiger partial charge is 0.478 e. The third-order valence-corrected chi connectivity index (χ3v) is 11.0. The lowest BCUT2D eigenvalue weighted by Gasteiger charge is -2.37. The molecule has 1 aromatic rings. The van der Waals surface area contributed by atoms with E-state index in [2.05, 4.69) is 27.9 Å². The monoisotopic (exact) mass is 582 g/mol. The van der Waals surface area contributed by atoms with E-state index < -0.39 is 14.8 Å². The van der Waals surface area contributed by atoms with Crippen LogP contribution in [0.4, 0.5) is 0 Å². The molecule has 1 N–H and O–H groups in total. The van der Waals surface area contributed by atoms with Crippen molar-refractivity contribution in [3.05, 3.63) is 35.9 Å². The molecule has 0 aliphatic rings. The third kappa shape index (κ3) is 19.0. The van der Waals surface area contributed by atoms with Gasteiger partial charge in [0.15, 0.2) is 0 Å². The minimum Gasteiger partial charge on any atom is -0.478 e. The van der Waals surface area contributed by atoms with Crippen LogP contribution in [-0.4, -0.2) is 72.9 Å². The number of nitrogens with zero attached hydrogens (tertiary/aromatic N) is 1. The summed E-state index contributed by atoms with van der Waals surface area (Å²) >= 11 is 0. The highest BCUT2D eigenvalue weighted by molar-refractivity contribution is 6.62. The third-order valence-electron chi connectivity index (χ3n) is 7.86. The van der Waals surface area contributed by atoms with Gasteiger partial charge in [0.05, 0.1) is 38.3 Å². The zero-order valence-corrected chi connectivity index (χ0v) is 28.2. The number of quaternary nitrogens is 1. The van der Waals surface area contributed by atoms with Crippen molar-refractivity contribution < 1.29 is 27.7 Å². The van der Waals surface area contributed by atoms with Crippen molar-refractivity contribution in [2.75, 3.05) is 48.5 Å². The fourth-order valence-corrected chi connectivity index (χ4v) is 7.89. The van der Waals surface area contributed by atoms with Crippen molar-refractivity contribution in [3.8, 4) is 0 Å². The zero-order chi connectivity index (χ0) is 30.1. The largest absolute Gasteiger partial charge is 0.508 e. The van der Waals surface area contributed by atoms with E-state index >= 15 is 0 Å². The summed E-state index contributed by atoms with van der Waals surface area (Å²) in [6.45, 7) is 6.74. The summed E-state index contributed by atoms with van der Waals surface area (Å²) < 4.78 is 18.0. The number of hydrogen-bond donors (Lipinski definition) is 1. The van der Waals surface area contributed by atoms with Gasteiger partial charge in [-0.15, -0.1) is 0 Å². The van der Waals surface area contributed by atoms with Crippen molar-refractivity contribution in [2.24, 2.45) is 0 Å². The van der Waals surface area contributed by atoms with Gasteiger partial charge in [0.1, 0.15) is 0 Å². The second-order valence-corrected chi connectivity index (χ2v) is 15.4. The molecule has 1 unspecified atom stereocenters. The van der Waals surface area contributed by atoms with Gasteiger partial charge in [0.2, 0.25) is 0 Å². The van der Waals surface area contributed by atoms with Crippen LogP contribution in [0.1, 0.15) is 127 Å². The summed E-state index contributed by atoms with van der Waals surface area (Å²) in [6.07, 6.45) is 22.8. The van der Waals surface area contributed by atoms with Crippen molar-refractivity contribution in [1.29, 1.82) is 0 Å². The number of carboxylic acids is 1. The number of aromatic carboxylic acids is 1. The van der Waals surface area contributed by atoms with Crippen LogP contribution in [0.2, 0.25) is 5.54 Å². The summed E-state index contributed by atoms with van der Waals surface area (Å²) in [4.78, 5) is 10.2. The Morgan fingerprint density at radius 2 is 1.10 bits per heavy atom. The SMILES string of the molecule is CCCCCCCCCCCCCCCCCC[N+](C)(C)CC(C)[Si](OC)(OC)OC.O=C(O)c1ccccc1. The molecule has 0 aromatic heterocycles. The van der Waals surface area contributed by atoms with Crippen molar-refractivity contribution in [3.63, 3.8) is 0 Å². The van der Waals surface area contributed by atoms with E-state index in [0.717, 1.165) is 11.0 Å². The molecule has 0 saturated heterocycles. The Hall–Kier alpha value is -1.25. The zero-order valence-electron chi connectivity index (χ0n) is 27.2. The Morgan fingerprint density at radius 3 is 1.43 bits per heavy atom. The molecule has 0 heterocycles. The Labute approximate surface area is 248 Å². The first-order valence-corrected chi connectivity index (χ1v) is 17.7. The van der Waals surface area contributed by atoms with Crippen LogP contribution < -0.4 is 0 Å². The summed E-state index contributed by atoms with van der Waals surface area (Å²) in [6, 6.07) is 8.30. The maximum atomic E-state index is 10.2. The number of carboxylic acid groups (broad SMARTS) is 1. The van der Waals surface area contributed by atoms with Gasteiger partial charge in [-0.3, -0.25) is 0 Å². The molecule has 6 nitrogen and oxygen atoms in total. The van der Waals surface area contributed by atoms with Gasteiger partial charge in [-0.05, 0) is 25.0 Å². The number of unbranched alkanes of at least 4 members (excludes halogenated alkanes) is 15. The molecule has 0 amide bonds. The molecule has 0 spiro atoms. The second kappa shape index (κ2) is 24.4. The Bertz CT molecular complexity index is 704. The lowest BCUT2D eigenvalue weighted by atomic mass is 10.0. The lowest BCUT2D eigenvalue weighted by molar-refractivity contribution is -0.890. The van der Waals surface area contributed by atoms with E-state index in [1.54, 1.807) is 51.7 Å². The maximum Gasteiger partial charge on any atom is 0.508 e. The number of carbonyl (C=O) groups is 1.